The Morgan fingerprint density at radius 1 is 0.629 bits per heavy atom. The zero-order chi connectivity index (χ0) is 22.3. The molecule has 0 aromatic rings. The van der Waals surface area contributed by atoms with Crippen molar-refractivity contribution in [2.45, 2.75) is 105 Å². The van der Waals surface area contributed by atoms with Crippen LogP contribution in [0, 0.1) is 23.7 Å². The standard InChI is InChI=1S/2C14H21Si.C2H4.2ClH.Ti/c2*1-2-15(10-5-11-15)14-9-8-12-6-3-4-7-13(12)14;1-2;;;/h2*3-4,6-7,9,12-14H,2,5,8,10-11H2,1H3;1-2H2;2*1H;/q;;;;;+2/p-2. The predicted octanol–water partition coefficient (Wildman–Crippen LogP) is 3.58. The van der Waals surface area contributed by atoms with Gasteiger partial charge in [-0.2, -0.15) is 0 Å². The van der Waals surface area contributed by atoms with E-state index in [-0.39, 0.29) is 24.8 Å². The maximum Gasteiger partial charge on any atom is -1.00 e. The molecule has 192 valence electrons. The molecule has 3 saturated heterocycles. The molecule has 35 heavy (non-hydrogen) atoms. The summed E-state index contributed by atoms with van der Waals surface area (Å²) in [7, 11) is -2.08. The van der Waals surface area contributed by atoms with Crippen LogP contribution >= 0.6 is 0 Å². The van der Waals surface area contributed by atoms with E-state index in [1.807, 2.05) is 0 Å². The SMILES string of the molecule is CC[Si]1(C2C3C=CC=CC3C[CH]2[Ti+2]2([CH]3CC4C=CC=CC4C3[Si]3(CC)CCC3)[CH2][CH2]2)CCC1.[Cl-].[Cl-]. The molecule has 8 atom stereocenters. The second-order valence-corrected chi connectivity index (χ2v) is 31.6. The van der Waals surface area contributed by atoms with Gasteiger partial charge in [-0.05, 0) is 0 Å². The summed E-state index contributed by atoms with van der Waals surface area (Å²) in [5, 5.41) is 0. The first kappa shape index (κ1) is 27.3. The van der Waals surface area contributed by atoms with Crippen LogP contribution in [0.4, 0.5) is 0 Å². The van der Waals surface area contributed by atoms with Crippen LogP contribution in [0.3, 0.4) is 0 Å². The molecule has 4 aliphatic carbocycles. The number of halogens is 2. The Balaban J connectivity index is 0.00000127. The van der Waals surface area contributed by atoms with Gasteiger partial charge in [-0.15, -0.1) is 0 Å². The van der Waals surface area contributed by atoms with Crippen molar-refractivity contribution in [2.75, 3.05) is 0 Å². The van der Waals surface area contributed by atoms with E-state index in [1.165, 1.54) is 19.5 Å². The van der Waals surface area contributed by atoms with E-state index in [4.69, 9.17) is 0 Å². The molecule has 3 heterocycles. The smallest absolute Gasteiger partial charge is 1.00 e. The summed E-state index contributed by atoms with van der Waals surface area (Å²) >= 11 is -1.84. The van der Waals surface area contributed by atoms with Crippen molar-refractivity contribution in [1.29, 1.82) is 0 Å². The molecule has 5 fully saturated rings. The number of fused-ring (bicyclic) bond motifs is 2. The average Bonchev–Trinajstić information content (AvgIpc) is 3.36. The van der Waals surface area contributed by atoms with Crippen LogP contribution in [0.2, 0.25) is 65.2 Å². The minimum atomic E-state index is -1.84. The minimum Gasteiger partial charge on any atom is -1.00 e. The van der Waals surface area contributed by atoms with E-state index in [1.54, 1.807) is 71.4 Å². The van der Waals surface area contributed by atoms with Gasteiger partial charge in [0, 0.05) is 0 Å². The zero-order valence-electron chi connectivity index (χ0n) is 22.0. The zero-order valence-corrected chi connectivity index (χ0v) is 27.1. The van der Waals surface area contributed by atoms with Gasteiger partial charge in [0.25, 0.3) is 0 Å². The maximum atomic E-state index is 2.74. The van der Waals surface area contributed by atoms with Gasteiger partial charge in [0.1, 0.15) is 0 Å². The monoisotopic (exact) mass is 580 g/mol. The van der Waals surface area contributed by atoms with Crippen molar-refractivity contribution < 1.29 is 41.4 Å². The van der Waals surface area contributed by atoms with Crippen molar-refractivity contribution in [3.8, 4) is 0 Å². The largest absolute Gasteiger partial charge is 1.00 e. The molecular weight excluding hydrogens is 535 g/mol. The van der Waals surface area contributed by atoms with Gasteiger partial charge in [-0.1, -0.05) is 0 Å². The molecule has 0 N–H and O–H groups in total. The van der Waals surface area contributed by atoms with Gasteiger partial charge in [-0.3, -0.25) is 0 Å². The number of hydrogen-bond donors (Lipinski definition) is 0. The first-order chi connectivity index (χ1) is 16.2. The van der Waals surface area contributed by atoms with Crippen molar-refractivity contribution in [3.05, 3.63) is 48.6 Å². The normalized spacial score (nSPS) is 43.4. The quantitative estimate of drug-likeness (QED) is 0.421. The molecule has 0 radical (unpaired) electrons. The Kier molecular flexibility index (Phi) is 7.80. The summed E-state index contributed by atoms with van der Waals surface area (Å²) in [4.78, 5) is 0. The third-order valence-electron chi connectivity index (χ3n) is 13.2. The molecule has 0 nitrogen and oxygen atoms in total. The second-order valence-electron chi connectivity index (χ2n) is 13.6. The van der Waals surface area contributed by atoms with Crippen molar-refractivity contribution in [3.63, 3.8) is 0 Å². The fourth-order valence-electron chi connectivity index (χ4n) is 11.1. The Hall–Kier alpha value is 0.688. The maximum absolute atomic E-state index is 2.74. The molecule has 3 aliphatic heterocycles. The van der Waals surface area contributed by atoms with E-state index in [0.29, 0.717) is 0 Å². The molecule has 0 bridgehead atoms. The fourth-order valence-corrected chi connectivity index (χ4v) is 38.4. The Morgan fingerprint density at radius 2 is 1.03 bits per heavy atom. The Morgan fingerprint density at radius 3 is 1.34 bits per heavy atom. The van der Waals surface area contributed by atoms with E-state index >= 15 is 0 Å². The number of hydrogen-bond acceptors (Lipinski definition) is 0. The molecular formula is C30H46Cl2Si2Ti. The minimum absolute atomic E-state index is 0. The average molecular weight is 582 g/mol. The molecule has 7 rings (SSSR count). The van der Waals surface area contributed by atoms with Gasteiger partial charge < -0.3 is 24.8 Å². The summed E-state index contributed by atoms with van der Waals surface area (Å²) in [5.74, 6) is 3.76. The molecule has 0 aromatic carbocycles. The van der Waals surface area contributed by atoms with Crippen molar-refractivity contribution in [1.82, 2.24) is 0 Å². The van der Waals surface area contributed by atoms with Crippen LogP contribution < -0.4 is 24.8 Å². The Bertz CT molecular complexity index is 832. The summed E-state index contributed by atoms with van der Waals surface area (Å²) in [6, 6.07) is 9.99. The summed E-state index contributed by atoms with van der Waals surface area (Å²) in [6.45, 7) is 5.25. The van der Waals surface area contributed by atoms with Crippen LogP contribution in [0.5, 0.6) is 0 Å². The van der Waals surface area contributed by atoms with Gasteiger partial charge in [0.05, 0.1) is 0 Å². The second kappa shape index (κ2) is 10.0. The summed E-state index contributed by atoms with van der Waals surface area (Å²) < 4.78 is 6.07. The third-order valence-corrected chi connectivity index (χ3v) is 35.9. The molecule has 0 aromatic heterocycles. The Labute approximate surface area is 233 Å². The van der Waals surface area contributed by atoms with Crippen LogP contribution in [0.25, 0.3) is 0 Å². The van der Waals surface area contributed by atoms with E-state index < -0.39 is 32.7 Å². The first-order valence-corrected chi connectivity index (χ1v) is 24.3. The molecule has 0 spiro atoms. The van der Waals surface area contributed by atoms with Crippen LogP contribution in [-0.4, -0.2) is 16.1 Å². The molecule has 8 unspecified atom stereocenters. The van der Waals surface area contributed by atoms with Gasteiger partial charge in [-0.25, -0.2) is 0 Å². The van der Waals surface area contributed by atoms with E-state index in [0.717, 1.165) is 23.7 Å². The molecule has 0 amide bonds. The van der Waals surface area contributed by atoms with Crippen molar-refractivity contribution >= 4 is 16.1 Å². The van der Waals surface area contributed by atoms with Crippen LogP contribution in [0.1, 0.15) is 39.5 Å². The predicted molar refractivity (Wildman–Crippen MR) is 145 cm³/mol. The van der Waals surface area contributed by atoms with Crippen LogP contribution in [0.15, 0.2) is 48.6 Å². The topological polar surface area (TPSA) is 0 Å². The van der Waals surface area contributed by atoms with Gasteiger partial charge in [0.2, 0.25) is 0 Å². The molecule has 2 saturated carbocycles. The van der Waals surface area contributed by atoms with E-state index in [9.17, 15) is 0 Å². The summed E-state index contributed by atoms with van der Waals surface area (Å²) in [6.07, 6.45) is 27.0. The molecule has 7 aliphatic rings. The summed E-state index contributed by atoms with van der Waals surface area (Å²) in [5.41, 5.74) is 2.39. The third kappa shape index (κ3) is 3.88. The number of rotatable bonds is 6. The fraction of sp³-hybridized carbons (Fsp3) is 0.733. The van der Waals surface area contributed by atoms with E-state index in [2.05, 4.69) is 62.5 Å². The first-order valence-electron chi connectivity index (χ1n) is 14.9. The number of allylic oxidation sites excluding steroid dienone is 8. The van der Waals surface area contributed by atoms with Crippen LogP contribution in [-0.2, 0) is 16.6 Å². The molecule has 5 heteroatoms. The van der Waals surface area contributed by atoms with Gasteiger partial charge >= 0.3 is 210 Å². The van der Waals surface area contributed by atoms with Crippen molar-refractivity contribution in [2.24, 2.45) is 23.7 Å². The van der Waals surface area contributed by atoms with Gasteiger partial charge in [0.15, 0.2) is 0 Å².